The van der Waals surface area contributed by atoms with E-state index in [4.69, 9.17) is 5.11 Å². The van der Waals surface area contributed by atoms with Crippen molar-refractivity contribution >= 4 is 35.0 Å². The molecule has 27 heavy (non-hydrogen) atoms. The number of aliphatic carboxylic acids is 1. The molecule has 1 unspecified atom stereocenters. The molecule has 7 nitrogen and oxygen atoms in total. The first-order chi connectivity index (χ1) is 13.0. The Labute approximate surface area is 163 Å². The maximum atomic E-state index is 11.7. The summed E-state index contributed by atoms with van der Waals surface area (Å²) in [5, 5.41) is 19.2. The van der Waals surface area contributed by atoms with E-state index in [1.807, 2.05) is 18.2 Å². The third-order valence-corrected chi connectivity index (χ3v) is 5.08. The SMILES string of the molecule is CCCN(CCC)Cc1ccccc1C=NN=C1NC(=O)C(CC(=O)O)S1. The van der Waals surface area contributed by atoms with E-state index in [9.17, 15) is 9.59 Å². The molecule has 0 bridgehead atoms. The van der Waals surface area contributed by atoms with Crippen molar-refractivity contribution in [2.24, 2.45) is 10.2 Å². The van der Waals surface area contributed by atoms with Crippen molar-refractivity contribution in [2.75, 3.05) is 13.1 Å². The molecule has 1 amide bonds. The number of thioether (sulfide) groups is 1. The number of nitrogens with zero attached hydrogens (tertiary/aromatic N) is 3. The number of amidine groups is 1. The van der Waals surface area contributed by atoms with Crippen LogP contribution in [0.15, 0.2) is 34.5 Å². The lowest BCUT2D eigenvalue weighted by Crippen LogP contribution is -2.26. The minimum Gasteiger partial charge on any atom is -0.481 e. The smallest absolute Gasteiger partial charge is 0.305 e. The molecule has 8 heteroatoms. The molecular weight excluding hydrogens is 364 g/mol. The van der Waals surface area contributed by atoms with Crippen LogP contribution in [0.5, 0.6) is 0 Å². The summed E-state index contributed by atoms with van der Waals surface area (Å²) in [5.41, 5.74) is 2.16. The zero-order valence-corrected chi connectivity index (χ0v) is 16.5. The maximum absolute atomic E-state index is 11.7. The predicted octanol–water partition coefficient (Wildman–Crippen LogP) is 2.70. The number of nitrogens with one attached hydrogen (secondary N) is 1. The number of hydrogen-bond acceptors (Lipinski definition) is 6. The number of carboxylic acid groups (broad SMARTS) is 1. The van der Waals surface area contributed by atoms with E-state index in [1.54, 1.807) is 6.21 Å². The number of amides is 1. The molecule has 0 saturated carbocycles. The first kappa shape index (κ1) is 21.1. The number of carbonyl (C=O) groups is 2. The van der Waals surface area contributed by atoms with Crippen LogP contribution in [-0.4, -0.2) is 51.6 Å². The fourth-order valence-corrected chi connectivity index (χ4v) is 3.75. The van der Waals surface area contributed by atoms with Crippen LogP contribution in [0.4, 0.5) is 0 Å². The second-order valence-electron chi connectivity index (χ2n) is 6.32. The lowest BCUT2D eigenvalue weighted by Gasteiger charge is -2.21. The number of benzene rings is 1. The van der Waals surface area contributed by atoms with Crippen molar-refractivity contribution in [2.45, 2.75) is 44.9 Å². The molecule has 0 aliphatic carbocycles. The van der Waals surface area contributed by atoms with Crippen LogP contribution in [0.25, 0.3) is 0 Å². The molecule has 1 aromatic rings. The minimum absolute atomic E-state index is 0.229. The summed E-state index contributed by atoms with van der Waals surface area (Å²) in [4.78, 5) is 24.9. The summed E-state index contributed by atoms with van der Waals surface area (Å²) < 4.78 is 0. The second kappa shape index (κ2) is 10.8. The molecule has 1 aliphatic rings. The van der Waals surface area contributed by atoms with E-state index in [1.165, 1.54) is 5.56 Å². The number of hydrogen-bond donors (Lipinski definition) is 2. The lowest BCUT2D eigenvalue weighted by atomic mass is 10.1. The standard InChI is InChI=1S/C19H26N4O3S/c1-3-9-23(10-4-2)13-15-8-6-5-7-14(15)12-20-22-19-21-18(26)16(27-19)11-17(24)25/h5-8,12,16H,3-4,9-11,13H2,1-2H3,(H,24,25)(H,21,22,26). The Bertz CT molecular complexity index is 715. The van der Waals surface area contributed by atoms with E-state index in [-0.39, 0.29) is 12.3 Å². The second-order valence-corrected chi connectivity index (χ2v) is 7.51. The first-order valence-corrected chi connectivity index (χ1v) is 10.0. The van der Waals surface area contributed by atoms with Crippen molar-refractivity contribution in [3.8, 4) is 0 Å². The van der Waals surface area contributed by atoms with Gasteiger partial charge in [0, 0.05) is 6.54 Å². The van der Waals surface area contributed by atoms with Gasteiger partial charge in [-0.3, -0.25) is 14.5 Å². The summed E-state index contributed by atoms with van der Waals surface area (Å²) in [6, 6.07) is 8.04. The molecule has 0 radical (unpaired) electrons. The van der Waals surface area contributed by atoms with E-state index in [2.05, 4.69) is 40.3 Å². The van der Waals surface area contributed by atoms with Gasteiger partial charge in [-0.2, -0.15) is 5.10 Å². The topological polar surface area (TPSA) is 94.4 Å². The van der Waals surface area contributed by atoms with Gasteiger partial charge in [-0.05, 0) is 37.1 Å². The number of carbonyl (C=O) groups excluding carboxylic acids is 1. The van der Waals surface area contributed by atoms with Crippen LogP contribution < -0.4 is 5.32 Å². The fourth-order valence-electron chi connectivity index (χ4n) is 2.84. The lowest BCUT2D eigenvalue weighted by molar-refractivity contribution is -0.138. The molecule has 1 saturated heterocycles. The van der Waals surface area contributed by atoms with Gasteiger partial charge in [-0.25, -0.2) is 0 Å². The Balaban J connectivity index is 2.05. The van der Waals surface area contributed by atoms with Gasteiger partial charge < -0.3 is 10.4 Å². The van der Waals surface area contributed by atoms with Crippen molar-refractivity contribution < 1.29 is 14.7 Å². The van der Waals surface area contributed by atoms with E-state index in [0.29, 0.717) is 5.17 Å². The molecule has 1 aromatic carbocycles. The zero-order chi connectivity index (χ0) is 19.6. The average molecular weight is 391 g/mol. The van der Waals surface area contributed by atoms with Crippen molar-refractivity contribution in [3.63, 3.8) is 0 Å². The molecule has 1 fully saturated rings. The number of carboxylic acids is 1. The highest BCUT2D eigenvalue weighted by atomic mass is 32.2. The number of rotatable bonds is 10. The van der Waals surface area contributed by atoms with Gasteiger partial charge in [0.1, 0.15) is 5.25 Å². The average Bonchev–Trinajstić information content (AvgIpc) is 2.96. The minimum atomic E-state index is -1.01. The highest BCUT2D eigenvalue weighted by Gasteiger charge is 2.32. The zero-order valence-electron chi connectivity index (χ0n) is 15.7. The summed E-state index contributed by atoms with van der Waals surface area (Å²) in [6.45, 7) is 7.31. The van der Waals surface area contributed by atoms with Gasteiger partial charge in [0.25, 0.3) is 0 Å². The van der Waals surface area contributed by atoms with Crippen LogP contribution in [0.1, 0.15) is 44.2 Å². The molecule has 1 aliphatic heterocycles. The molecule has 2 rings (SSSR count). The first-order valence-electron chi connectivity index (χ1n) is 9.14. The van der Waals surface area contributed by atoms with Crippen LogP contribution >= 0.6 is 11.8 Å². The third-order valence-electron chi connectivity index (χ3n) is 4.01. The van der Waals surface area contributed by atoms with Gasteiger partial charge in [0.05, 0.1) is 12.6 Å². The molecule has 2 N–H and O–H groups in total. The summed E-state index contributed by atoms with van der Waals surface area (Å²) in [6.07, 6.45) is 3.67. The van der Waals surface area contributed by atoms with Gasteiger partial charge in [-0.1, -0.05) is 49.9 Å². The highest BCUT2D eigenvalue weighted by Crippen LogP contribution is 2.22. The molecule has 146 valence electrons. The van der Waals surface area contributed by atoms with Crippen molar-refractivity contribution in [1.82, 2.24) is 10.2 Å². The molecule has 1 heterocycles. The predicted molar refractivity (Wildman–Crippen MR) is 109 cm³/mol. The Morgan fingerprint density at radius 2 is 2.00 bits per heavy atom. The van der Waals surface area contributed by atoms with E-state index >= 15 is 0 Å². The van der Waals surface area contributed by atoms with Crippen LogP contribution in [0.2, 0.25) is 0 Å². The summed E-state index contributed by atoms with van der Waals surface area (Å²) in [7, 11) is 0. The Kier molecular flexibility index (Phi) is 8.47. The largest absolute Gasteiger partial charge is 0.481 e. The molecule has 0 aromatic heterocycles. The third kappa shape index (κ3) is 6.80. The maximum Gasteiger partial charge on any atom is 0.305 e. The van der Waals surface area contributed by atoms with Crippen molar-refractivity contribution in [1.29, 1.82) is 0 Å². The monoisotopic (exact) mass is 390 g/mol. The van der Waals surface area contributed by atoms with Gasteiger partial charge in [-0.15, -0.1) is 5.10 Å². The van der Waals surface area contributed by atoms with E-state index in [0.717, 1.165) is 49.8 Å². The van der Waals surface area contributed by atoms with Crippen LogP contribution in [0, 0.1) is 0 Å². The molecule has 1 atom stereocenters. The molecular formula is C19H26N4O3S. The van der Waals surface area contributed by atoms with Crippen LogP contribution in [-0.2, 0) is 16.1 Å². The van der Waals surface area contributed by atoms with E-state index < -0.39 is 11.2 Å². The molecule has 0 spiro atoms. The Morgan fingerprint density at radius 3 is 2.67 bits per heavy atom. The summed E-state index contributed by atoms with van der Waals surface area (Å²) in [5.74, 6) is -1.35. The fraction of sp³-hybridized carbons (Fsp3) is 0.474. The van der Waals surface area contributed by atoms with Crippen molar-refractivity contribution in [3.05, 3.63) is 35.4 Å². The van der Waals surface area contributed by atoms with Gasteiger partial charge in [0.2, 0.25) is 5.91 Å². The Morgan fingerprint density at radius 1 is 1.30 bits per heavy atom. The van der Waals surface area contributed by atoms with Gasteiger partial charge in [0.15, 0.2) is 5.17 Å². The Hall–Kier alpha value is -2.19. The highest BCUT2D eigenvalue weighted by molar-refractivity contribution is 8.15. The van der Waals surface area contributed by atoms with Crippen LogP contribution in [0.3, 0.4) is 0 Å². The quantitative estimate of drug-likeness (QED) is 0.473. The summed E-state index contributed by atoms with van der Waals surface area (Å²) >= 11 is 1.10. The normalized spacial score (nSPS) is 18.6. The van der Waals surface area contributed by atoms with Gasteiger partial charge >= 0.3 is 5.97 Å².